The van der Waals surface area contributed by atoms with Crippen LogP contribution in [0.1, 0.15) is 38.7 Å². The minimum absolute atomic E-state index is 0.00525. The summed E-state index contributed by atoms with van der Waals surface area (Å²) in [5.41, 5.74) is 2.09. The van der Waals surface area contributed by atoms with Gasteiger partial charge >= 0.3 is 5.97 Å². The second kappa shape index (κ2) is 7.25. The highest BCUT2D eigenvalue weighted by Gasteiger charge is 2.40. The molecule has 1 saturated heterocycles. The van der Waals surface area contributed by atoms with Crippen LogP contribution in [0.4, 0.5) is 5.69 Å². The van der Waals surface area contributed by atoms with Crippen LogP contribution in [0.25, 0.3) is 5.57 Å². The molecule has 1 aromatic carbocycles. The Bertz CT molecular complexity index is 808. The molecule has 1 aliphatic heterocycles. The van der Waals surface area contributed by atoms with E-state index in [4.69, 9.17) is 4.74 Å². The number of non-ortho nitro benzene ring substituents is 1. The van der Waals surface area contributed by atoms with Crippen molar-refractivity contribution in [3.63, 3.8) is 0 Å². The van der Waals surface area contributed by atoms with E-state index in [0.29, 0.717) is 12.8 Å². The quantitative estimate of drug-likeness (QED) is 0.477. The number of esters is 1. The zero-order valence-electron chi connectivity index (χ0n) is 15.3. The van der Waals surface area contributed by atoms with Gasteiger partial charge in [-0.05, 0) is 34.9 Å². The normalized spacial score (nSPS) is 27.9. The first-order chi connectivity index (χ1) is 12.7. The molecule has 0 saturated carbocycles. The van der Waals surface area contributed by atoms with Crippen molar-refractivity contribution in [2.75, 3.05) is 0 Å². The maximum Gasteiger partial charge on any atom is 0.309 e. The van der Waals surface area contributed by atoms with Crippen LogP contribution in [-0.2, 0) is 9.53 Å². The lowest BCUT2D eigenvalue weighted by Crippen LogP contribution is -2.31. The Balaban J connectivity index is 1.93. The van der Waals surface area contributed by atoms with Crippen LogP contribution in [0.5, 0.6) is 0 Å². The molecular formula is C20H23NO6. The Kier molecular flexibility index (Phi) is 5.17. The third-order valence-corrected chi connectivity index (χ3v) is 5.34. The summed E-state index contributed by atoms with van der Waals surface area (Å²) in [6.07, 6.45) is 2.52. The van der Waals surface area contributed by atoms with Gasteiger partial charge in [-0.3, -0.25) is 14.9 Å². The number of allylic oxidation sites excluding steroid dienone is 1. The summed E-state index contributed by atoms with van der Waals surface area (Å²) in [6, 6.07) is 6.25. The van der Waals surface area contributed by atoms with E-state index in [1.165, 1.54) is 12.1 Å². The standard InChI is InChI=1S/C20H23NO6/c1-20(2)17(8-7-15-9-14(22)10-19(24)27-15)16(11-18(20)23)12-3-5-13(6-4-12)21(25)26/h3-8,14-15,18,22-23H,9-11H2,1-2H3. The molecule has 3 rings (SSSR count). The molecule has 1 aliphatic carbocycles. The fourth-order valence-corrected chi connectivity index (χ4v) is 3.63. The molecular weight excluding hydrogens is 350 g/mol. The molecule has 0 radical (unpaired) electrons. The van der Waals surface area contributed by atoms with Gasteiger partial charge < -0.3 is 14.9 Å². The average Bonchev–Trinajstić information content (AvgIpc) is 2.82. The van der Waals surface area contributed by atoms with Gasteiger partial charge in [-0.25, -0.2) is 0 Å². The van der Waals surface area contributed by atoms with E-state index in [1.54, 1.807) is 18.2 Å². The fraction of sp³-hybridized carbons (Fsp3) is 0.450. The smallest absolute Gasteiger partial charge is 0.309 e. The van der Waals surface area contributed by atoms with E-state index in [9.17, 15) is 25.1 Å². The summed E-state index contributed by atoms with van der Waals surface area (Å²) in [5, 5.41) is 31.1. The number of cyclic esters (lactones) is 1. The van der Waals surface area contributed by atoms with Crippen molar-refractivity contribution in [3.05, 3.63) is 57.7 Å². The van der Waals surface area contributed by atoms with Crippen LogP contribution in [0.2, 0.25) is 0 Å². The Morgan fingerprint density at radius 1 is 1.22 bits per heavy atom. The number of hydrogen-bond acceptors (Lipinski definition) is 6. The van der Waals surface area contributed by atoms with Crippen molar-refractivity contribution in [1.82, 2.24) is 0 Å². The van der Waals surface area contributed by atoms with Crippen molar-refractivity contribution < 1.29 is 24.7 Å². The summed E-state index contributed by atoms with van der Waals surface area (Å²) >= 11 is 0. The van der Waals surface area contributed by atoms with Crippen molar-refractivity contribution in [2.24, 2.45) is 5.41 Å². The molecule has 0 amide bonds. The fourth-order valence-electron chi connectivity index (χ4n) is 3.63. The topological polar surface area (TPSA) is 110 Å². The minimum Gasteiger partial charge on any atom is -0.458 e. The Morgan fingerprint density at radius 2 is 1.89 bits per heavy atom. The van der Waals surface area contributed by atoms with Gasteiger partial charge in [0.25, 0.3) is 5.69 Å². The average molecular weight is 373 g/mol. The van der Waals surface area contributed by atoms with E-state index >= 15 is 0 Å². The van der Waals surface area contributed by atoms with Gasteiger partial charge in [0.1, 0.15) is 6.10 Å². The molecule has 3 atom stereocenters. The predicted octanol–water partition coefficient (Wildman–Crippen LogP) is 2.76. The van der Waals surface area contributed by atoms with E-state index in [-0.39, 0.29) is 12.1 Å². The number of aliphatic hydroxyl groups is 2. The van der Waals surface area contributed by atoms with E-state index < -0.39 is 34.6 Å². The number of carbonyl (C=O) groups excluding carboxylic acids is 1. The van der Waals surface area contributed by atoms with E-state index in [0.717, 1.165) is 16.7 Å². The summed E-state index contributed by atoms with van der Waals surface area (Å²) in [4.78, 5) is 21.9. The van der Waals surface area contributed by atoms with Crippen molar-refractivity contribution in [2.45, 2.75) is 51.4 Å². The zero-order chi connectivity index (χ0) is 19.8. The van der Waals surface area contributed by atoms with Gasteiger partial charge in [0.15, 0.2) is 0 Å². The Morgan fingerprint density at radius 3 is 2.48 bits per heavy atom. The molecule has 0 aromatic heterocycles. The number of nitro groups is 1. The number of aliphatic hydroxyl groups excluding tert-OH is 2. The van der Waals surface area contributed by atoms with Crippen LogP contribution in [-0.4, -0.2) is 39.4 Å². The first kappa shape index (κ1) is 19.3. The molecule has 7 heteroatoms. The van der Waals surface area contributed by atoms with Gasteiger partial charge in [-0.15, -0.1) is 0 Å². The number of nitrogens with zero attached hydrogens (tertiary/aromatic N) is 1. The van der Waals surface area contributed by atoms with Crippen molar-refractivity contribution in [3.8, 4) is 0 Å². The maximum atomic E-state index is 11.5. The molecule has 27 heavy (non-hydrogen) atoms. The molecule has 1 fully saturated rings. The second-order valence-electron chi connectivity index (χ2n) is 7.62. The number of hydrogen-bond donors (Lipinski definition) is 2. The van der Waals surface area contributed by atoms with Gasteiger partial charge in [-0.2, -0.15) is 0 Å². The van der Waals surface area contributed by atoms with Crippen LogP contribution in [0, 0.1) is 15.5 Å². The number of rotatable bonds is 4. The number of carbonyl (C=O) groups is 1. The van der Waals surface area contributed by atoms with Crippen LogP contribution < -0.4 is 0 Å². The van der Waals surface area contributed by atoms with Gasteiger partial charge in [-0.1, -0.05) is 19.9 Å². The van der Waals surface area contributed by atoms with Gasteiger partial charge in [0, 0.05) is 30.4 Å². The zero-order valence-corrected chi connectivity index (χ0v) is 15.3. The van der Waals surface area contributed by atoms with Crippen molar-refractivity contribution >= 4 is 17.2 Å². The number of benzene rings is 1. The van der Waals surface area contributed by atoms with Crippen molar-refractivity contribution in [1.29, 1.82) is 0 Å². The monoisotopic (exact) mass is 373 g/mol. The number of ether oxygens (including phenoxy) is 1. The molecule has 2 aliphatic rings. The third-order valence-electron chi connectivity index (χ3n) is 5.34. The summed E-state index contributed by atoms with van der Waals surface area (Å²) < 4.78 is 5.25. The van der Waals surface area contributed by atoms with E-state index in [1.807, 2.05) is 19.9 Å². The largest absolute Gasteiger partial charge is 0.458 e. The predicted molar refractivity (Wildman–Crippen MR) is 98.7 cm³/mol. The molecule has 0 spiro atoms. The molecule has 3 unspecified atom stereocenters. The summed E-state index contributed by atoms with van der Waals surface area (Å²) in [6.45, 7) is 3.86. The number of nitro benzene ring substituents is 1. The van der Waals surface area contributed by atoms with Crippen LogP contribution in [0.15, 0.2) is 42.0 Å². The molecule has 144 valence electrons. The highest BCUT2D eigenvalue weighted by atomic mass is 16.6. The minimum atomic E-state index is -0.716. The molecule has 7 nitrogen and oxygen atoms in total. The highest BCUT2D eigenvalue weighted by molar-refractivity contribution is 5.76. The summed E-state index contributed by atoms with van der Waals surface area (Å²) in [5.74, 6) is -0.432. The molecule has 1 heterocycles. The first-order valence-corrected chi connectivity index (χ1v) is 8.90. The summed E-state index contributed by atoms with van der Waals surface area (Å²) in [7, 11) is 0. The van der Waals surface area contributed by atoms with Gasteiger partial charge in [0.2, 0.25) is 0 Å². The SMILES string of the molecule is CC1(C)C(C=CC2CC(O)CC(=O)O2)=C(c2ccc([N+](=O)[O-])cc2)CC1O. The van der Waals surface area contributed by atoms with Crippen LogP contribution >= 0.6 is 0 Å². The van der Waals surface area contributed by atoms with E-state index in [2.05, 4.69) is 0 Å². The molecule has 1 aromatic rings. The van der Waals surface area contributed by atoms with Gasteiger partial charge in [0.05, 0.1) is 23.6 Å². The van der Waals surface area contributed by atoms with Crippen LogP contribution in [0.3, 0.4) is 0 Å². The first-order valence-electron chi connectivity index (χ1n) is 8.90. The maximum absolute atomic E-state index is 11.5. The molecule has 0 bridgehead atoms. The molecule has 2 N–H and O–H groups in total. The highest BCUT2D eigenvalue weighted by Crippen LogP contribution is 2.47. The lowest BCUT2D eigenvalue weighted by atomic mass is 9.82. The lowest BCUT2D eigenvalue weighted by Gasteiger charge is -2.27. The lowest BCUT2D eigenvalue weighted by molar-refractivity contribution is -0.384. The Hall–Kier alpha value is -2.51. The third kappa shape index (κ3) is 3.94. The Labute approximate surface area is 157 Å². The second-order valence-corrected chi connectivity index (χ2v) is 7.62.